The molecule has 0 aliphatic rings. The highest BCUT2D eigenvalue weighted by atomic mass is 35.5. The summed E-state index contributed by atoms with van der Waals surface area (Å²) in [6.07, 6.45) is 0. The van der Waals surface area contributed by atoms with Gasteiger partial charge in [-0.15, -0.1) is 12.4 Å². The van der Waals surface area contributed by atoms with Crippen molar-refractivity contribution in [2.45, 2.75) is 49.8 Å². The molecule has 0 aromatic heterocycles. The molecule has 2 rings (SSSR count). The lowest BCUT2D eigenvalue weighted by Gasteiger charge is -2.15. The average molecular weight is 425 g/mol. The van der Waals surface area contributed by atoms with Crippen LogP contribution in [0, 0.1) is 0 Å². The van der Waals surface area contributed by atoms with Crippen LogP contribution in [0.4, 0.5) is 0 Å². The Morgan fingerprint density at radius 3 is 1.89 bits per heavy atom. The third-order valence-corrected chi connectivity index (χ3v) is 6.75. The van der Waals surface area contributed by atoms with Crippen molar-refractivity contribution in [3.05, 3.63) is 65.2 Å². The van der Waals surface area contributed by atoms with Crippen molar-refractivity contribution in [3.8, 4) is 0 Å². The molecule has 0 aliphatic heterocycles. The minimum atomic E-state index is -3.34. The van der Waals surface area contributed by atoms with Gasteiger partial charge in [0.25, 0.3) is 5.91 Å². The highest BCUT2D eigenvalue weighted by Crippen LogP contribution is 2.18. The molecule has 0 heterocycles. The lowest BCUT2D eigenvalue weighted by atomic mass is 9.99. The van der Waals surface area contributed by atoms with Gasteiger partial charge in [-0.25, -0.2) is 8.42 Å². The Bertz CT molecular complexity index is 877. The number of hydrogen-bond donors (Lipinski definition) is 2. The van der Waals surface area contributed by atoms with Crippen LogP contribution in [-0.4, -0.2) is 26.1 Å². The summed E-state index contributed by atoms with van der Waals surface area (Å²) in [7, 11) is -3.34. The van der Waals surface area contributed by atoms with E-state index in [1.165, 1.54) is 29.8 Å². The third-order valence-electron chi connectivity index (χ3n) is 4.58. The summed E-state index contributed by atoms with van der Waals surface area (Å²) >= 11 is 0. The number of hydrogen-bond acceptors (Lipinski definition) is 4. The smallest absolute Gasteiger partial charge is 0.251 e. The minimum Gasteiger partial charge on any atom is -0.350 e. The molecule has 2 aromatic rings. The summed E-state index contributed by atoms with van der Waals surface area (Å²) < 4.78 is 24.3. The number of amides is 1. The number of halogens is 1. The fraction of sp³-hybridized carbons (Fsp3) is 0.381. The summed E-state index contributed by atoms with van der Waals surface area (Å²) in [5, 5.41) is 2.30. The van der Waals surface area contributed by atoms with Gasteiger partial charge in [0.15, 0.2) is 9.84 Å². The van der Waals surface area contributed by atoms with Crippen LogP contribution in [0.1, 0.15) is 61.1 Å². The molecule has 2 aromatic carbocycles. The van der Waals surface area contributed by atoms with Gasteiger partial charge >= 0.3 is 0 Å². The van der Waals surface area contributed by atoms with Gasteiger partial charge in [0.05, 0.1) is 10.1 Å². The Labute approximate surface area is 174 Å². The maximum atomic E-state index is 12.3. The topological polar surface area (TPSA) is 89.3 Å². The number of nitrogens with one attached hydrogen (secondary N) is 1. The number of nitrogens with two attached hydrogens (primary N) is 1. The fourth-order valence-electron chi connectivity index (χ4n) is 2.62. The second kappa shape index (κ2) is 10.0. The molecule has 0 saturated heterocycles. The molecule has 1 amide bonds. The summed E-state index contributed by atoms with van der Waals surface area (Å²) in [5.74, 6) is 0.176. The van der Waals surface area contributed by atoms with Crippen LogP contribution >= 0.6 is 12.4 Å². The van der Waals surface area contributed by atoms with E-state index >= 15 is 0 Å². The molecule has 0 radical (unpaired) electrons. The molecule has 0 spiro atoms. The molecular formula is C21H29ClN2O3S. The number of sulfone groups is 1. The highest BCUT2D eigenvalue weighted by molar-refractivity contribution is 7.92. The van der Waals surface area contributed by atoms with E-state index in [1.54, 1.807) is 13.8 Å². The Kier molecular flexibility index (Phi) is 8.67. The molecule has 5 nitrogen and oxygen atoms in total. The van der Waals surface area contributed by atoms with Gasteiger partial charge in [-0.05, 0) is 55.2 Å². The fourth-order valence-corrected chi connectivity index (χ4v) is 3.68. The molecule has 154 valence electrons. The Morgan fingerprint density at radius 1 is 0.929 bits per heavy atom. The lowest BCUT2D eigenvalue weighted by molar-refractivity contribution is 0.0951. The van der Waals surface area contributed by atoms with E-state index in [1.807, 2.05) is 12.1 Å². The maximum Gasteiger partial charge on any atom is 0.251 e. The van der Waals surface area contributed by atoms with Crippen LogP contribution in [-0.2, 0) is 9.84 Å². The molecule has 0 aliphatic carbocycles. The largest absolute Gasteiger partial charge is 0.350 e. The van der Waals surface area contributed by atoms with Gasteiger partial charge in [-0.1, -0.05) is 38.1 Å². The van der Waals surface area contributed by atoms with Crippen LogP contribution in [0.25, 0.3) is 0 Å². The first-order valence-corrected chi connectivity index (χ1v) is 10.6. The Morgan fingerprint density at radius 2 is 1.43 bits per heavy atom. The van der Waals surface area contributed by atoms with E-state index < -0.39 is 15.1 Å². The van der Waals surface area contributed by atoms with Crippen LogP contribution in [0.2, 0.25) is 0 Å². The maximum absolute atomic E-state index is 12.3. The second-order valence-corrected chi connectivity index (χ2v) is 9.76. The molecule has 1 atom stereocenters. The summed E-state index contributed by atoms with van der Waals surface area (Å²) in [5.41, 5.74) is 8.77. The van der Waals surface area contributed by atoms with Gasteiger partial charge in [0.2, 0.25) is 0 Å². The number of rotatable bonds is 7. The monoisotopic (exact) mass is 424 g/mol. The van der Waals surface area contributed by atoms with Crippen LogP contribution < -0.4 is 11.1 Å². The molecule has 7 heteroatoms. The molecular weight excluding hydrogens is 396 g/mol. The number of benzene rings is 2. The Hall–Kier alpha value is -1.89. The van der Waals surface area contributed by atoms with Crippen molar-refractivity contribution < 1.29 is 13.2 Å². The number of carbonyl (C=O) groups excluding carboxylic acids is 1. The highest BCUT2D eigenvalue weighted by Gasteiger charge is 2.19. The first-order valence-electron chi connectivity index (χ1n) is 9.10. The summed E-state index contributed by atoms with van der Waals surface area (Å²) in [6, 6.07) is 13.7. The van der Waals surface area contributed by atoms with Crippen molar-refractivity contribution in [1.82, 2.24) is 5.32 Å². The predicted molar refractivity (Wildman–Crippen MR) is 116 cm³/mol. The molecule has 1 unspecified atom stereocenters. The van der Waals surface area contributed by atoms with E-state index in [0.29, 0.717) is 18.0 Å². The van der Waals surface area contributed by atoms with Gasteiger partial charge in [-0.3, -0.25) is 4.79 Å². The van der Waals surface area contributed by atoms with Crippen molar-refractivity contribution in [3.63, 3.8) is 0 Å². The first-order chi connectivity index (χ1) is 12.6. The molecule has 0 fully saturated rings. The van der Waals surface area contributed by atoms with Crippen LogP contribution in [0.3, 0.4) is 0 Å². The van der Waals surface area contributed by atoms with Crippen LogP contribution in [0.15, 0.2) is 53.4 Å². The van der Waals surface area contributed by atoms with Crippen LogP contribution in [0.5, 0.6) is 0 Å². The van der Waals surface area contributed by atoms with Crippen molar-refractivity contribution in [2.24, 2.45) is 5.73 Å². The average Bonchev–Trinajstić information content (AvgIpc) is 2.65. The lowest BCUT2D eigenvalue weighted by Crippen LogP contribution is -2.31. The quantitative estimate of drug-likeness (QED) is 0.706. The Balaban J connectivity index is 0.00000392. The van der Waals surface area contributed by atoms with Gasteiger partial charge in [0, 0.05) is 18.2 Å². The minimum absolute atomic E-state index is 0. The van der Waals surface area contributed by atoms with E-state index in [2.05, 4.69) is 31.3 Å². The first kappa shape index (κ1) is 24.1. The predicted octanol–water partition coefficient (Wildman–Crippen LogP) is 3.84. The van der Waals surface area contributed by atoms with Gasteiger partial charge in [0.1, 0.15) is 0 Å². The zero-order valence-electron chi connectivity index (χ0n) is 16.7. The zero-order chi connectivity index (χ0) is 20.2. The van der Waals surface area contributed by atoms with Crippen molar-refractivity contribution >= 4 is 28.2 Å². The molecule has 28 heavy (non-hydrogen) atoms. The SMILES string of the molecule is CC(C)c1ccc(C(N)CNC(=O)c2ccc(S(=O)(=O)C(C)C)cc2)cc1.Cl. The summed E-state index contributed by atoms with van der Waals surface area (Å²) in [6.45, 7) is 7.82. The second-order valence-electron chi connectivity index (χ2n) is 7.26. The molecule has 3 N–H and O–H groups in total. The van der Waals surface area contributed by atoms with Gasteiger partial charge in [-0.2, -0.15) is 0 Å². The standard InChI is InChI=1S/C21H28N2O3S.ClH/c1-14(2)16-5-7-17(8-6-16)20(22)13-23-21(24)18-9-11-19(12-10-18)27(25,26)15(3)4;/h5-12,14-15,20H,13,22H2,1-4H3,(H,23,24);1H. The van der Waals surface area contributed by atoms with Crippen molar-refractivity contribution in [1.29, 1.82) is 0 Å². The zero-order valence-corrected chi connectivity index (χ0v) is 18.3. The number of carbonyl (C=O) groups is 1. The van der Waals surface area contributed by atoms with Crippen molar-refractivity contribution in [2.75, 3.05) is 6.54 Å². The van der Waals surface area contributed by atoms with E-state index in [0.717, 1.165) is 5.56 Å². The molecule has 0 saturated carbocycles. The normalized spacial score (nSPS) is 12.5. The summed E-state index contributed by atoms with van der Waals surface area (Å²) in [4.78, 5) is 12.5. The van der Waals surface area contributed by atoms with Gasteiger partial charge < -0.3 is 11.1 Å². The molecule has 0 bridgehead atoms. The van der Waals surface area contributed by atoms with E-state index in [4.69, 9.17) is 5.73 Å². The third kappa shape index (κ3) is 5.80. The van der Waals surface area contributed by atoms with E-state index in [-0.39, 0.29) is 29.3 Å². The van der Waals surface area contributed by atoms with E-state index in [9.17, 15) is 13.2 Å².